The molecule has 2 atom stereocenters. The molecule has 260 valence electrons. The lowest BCUT2D eigenvalue weighted by Crippen LogP contribution is -2.35. The molecule has 10 heteroatoms. The van der Waals surface area contributed by atoms with E-state index in [1.54, 1.807) is 28.4 Å². The molecule has 4 heterocycles. The van der Waals surface area contributed by atoms with Crippen LogP contribution in [0.1, 0.15) is 45.5 Å². The van der Waals surface area contributed by atoms with Crippen LogP contribution in [-0.4, -0.2) is 79.0 Å². The topological polar surface area (TPSA) is 80.3 Å². The predicted octanol–water partition coefficient (Wildman–Crippen LogP) is 6.37. The number of fused-ring (bicyclic) bond motifs is 8. The van der Waals surface area contributed by atoms with Crippen molar-refractivity contribution in [1.82, 2.24) is 9.80 Å². The van der Waals surface area contributed by atoms with Crippen molar-refractivity contribution >= 4 is 0 Å². The summed E-state index contributed by atoms with van der Waals surface area (Å²) in [5, 5.41) is 0. The van der Waals surface area contributed by atoms with Crippen LogP contribution < -0.4 is 37.9 Å². The Bertz CT molecular complexity index is 1900. The van der Waals surface area contributed by atoms with E-state index in [1.165, 1.54) is 55.6 Å². The molecule has 10 rings (SSSR count). The third-order valence-corrected chi connectivity index (χ3v) is 11.4. The molecule has 4 aliphatic heterocycles. The van der Waals surface area contributed by atoms with Crippen LogP contribution in [0.2, 0.25) is 0 Å². The minimum absolute atomic E-state index is 0.286. The van der Waals surface area contributed by atoms with Crippen molar-refractivity contribution in [2.75, 3.05) is 69.2 Å². The van der Waals surface area contributed by atoms with Crippen molar-refractivity contribution in [3.8, 4) is 68.2 Å². The van der Waals surface area contributed by atoms with Crippen LogP contribution in [0.3, 0.4) is 0 Å². The fourth-order valence-corrected chi connectivity index (χ4v) is 9.03. The Hall–Kier alpha value is -4.80. The second kappa shape index (κ2) is 11.9. The summed E-state index contributed by atoms with van der Waals surface area (Å²) in [5.74, 6) is 6.64. The minimum atomic E-state index is 0.286. The van der Waals surface area contributed by atoms with Gasteiger partial charge in [-0.3, -0.25) is 9.80 Å². The first kappa shape index (κ1) is 31.2. The quantitative estimate of drug-likeness (QED) is 0.243. The van der Waals surface area contributed by atoms with E-state index in [9.17, 15) is 0 Å². The number of ether oxygens (including phenoxy) is 8. The Balaban J connectivity index is 0.000000135. The molecular weight excluding hydrogens is 636 g/mol. The number of methoxy groups -OCH3 is 4. The lowest BCUT2D eigenvalue weighted by atomic mass is 9.76. The molecule has 0 saturated heterocycles. The van der Waals surface area contributed by atoms with Gasteiger partial charge in [-0.15, -0.1) is 0 Å². The summed E-state index contributed by atoms with van der Waals surface area (Å²) in [6.07, 6.45) is 3.89. The standard InChI is InChI=1S/2C20H21NO4/c2*1-21-7-6-11-8-16-20(25-10-24-16)18-12-4-5-15(22-2)19(23-3)13(12)9-14(21)17(11)18/h2*4-5,8,14H,6-7,9-10H2,1-3H3/t2*14-/m11/s1. The van der Waals surface area contributed by atoms with Gasteiger partial charge in [-0.2, -0.15) is 0 Å². The Morgan fingerprint density at radius 1 is 0.580 bits per heavy atom. The molecule has 0 bridgehead atoms. The van der Waals surface area contributed by atoms with Gasteiger partial charge in [0.1, 0.15) is 0 Å². The van der Waals surface area contributed by atoms with Gasteiger partial charge in [-0.05, 0) is 110 Å². The molecule has 0 radical (unpaired) electrons. The molecule has 0 N–H and O–H groups in total. The lowest BCUT2D eigenvalue weighted by Gasteiger charge is -2.40. The van der Waals surface area contributed by atoms with E-state index >= 15 is 0 Å². The van der Waals surface area contributed by atoms with Crippen LogP contribution in [0.4, 0.5) is 0 Å². The molecule has 50 heavy (non-hydrogen) atoms. The first-order valence-electron chi connectivity index (χ1n) is 17.2. The van der Waals surface area contributed by atoms with E-state index in [0.717, 1.165) is 84.8 Å². The SMILES string of the molecule is COc1ccc2c(c1OC)C[C@@H]1c3c(cc4c(c3-2)OCO4)CCN1C.COc1ccc2c(c1OC)C[C@@H]1c3c(cc4c(c3-2)OCO4)CCN1C. The summed E-state index contributed by atoms with van der Waals surface area (Å²) < 4.78 is 45.7. The van der Waals surface area contributed by atoms with Crippen LogP contribution in [0.25, 0.3) is 22.3 Å². The van der Waals surface area contributed by atoms with E-state index < -0.39 is 0 Å². The summed E-state index contributed by atoms with van der Waals surface area (Å²) >= 11 is 0. The average Bonchev–Trinajstić information content (AvgIpc) is 3.83. The highest BCUT2D eigenvalue weighted by Crippen LogP contribution is 2.57. The van der Waals surface area contributed by atoms with Gasteiger partial charge in [0.2, 0.25) is 13.6 Å². The van der Waals surface area contributed by atoms with Crippen molar-refractivity contribution in [3.05, 3.63) is 69.8 Å². The van der Waals surface area contributed by atoms with Crippen molar-refractivity contribution in [1.29, 1.82) is 0 Å². The van der Waals surface area contributed by atoms with Gasteiger partial charge in [0.05, 0.1) is 28.4 Å². The molecule has 0 spiro atoms. The highest BCUT2D eigenvalue weighted by molar-refractivity contribution is 5.87. The maximum atomic E-state index is 5.88. The molecule has 0 aromatic heterocycles. The Labute approximate surface area is 292 Å². The second-order valence-corrected chi connectivity index (χ2v) is 13.7. The summed E-state index contributed by atoms with van der Waals surface area (Å²) in [6.45, 7) is 2.65. The molecule has 4 aromatic carbocycles. The van der Waals surface area contributed by atoms with Crippen LogP contribution >= 0.6 is 0 Å². The average molecular weight is 679 g/mol. The van der Waals surface area contributed by atoms with E-state index in [2.05, 4.69) is 48.2 Å². The fraction of sp³-hybridized carbons (Fsp3) is 0.400. The summed E-state index contributed by atoms with van der Waals surface area (Å²) in [6, 6.07) is 13.2. The lowest BCUT2D eigenvalue weighted by molar-refractivity contribution is 0.174. The van der Waals surface area contributed by atoms with Crippen LogP contribution in [0.15, 0.2) is 36.4 Å². The molecule has 0 saturated carbocycles. The third-order valence-electron chi connectivity index (χ3n) is 11.4. The molecule has 0 unspecified atom stereocenters. The van der Waals surface area contributed by atoms with Crippen LogP contribution in [-0.2, 0) is 25.7 Å². The first-order chi connectivity index (χ1) is 24.4. The predicted molar refractivity (Wildman–Crippen MR) is 188 cm³/mol. The zero-order valence-electron chi connectivity index (χ0n) is 29.4. The summed E-state index contributed by atoms with van der Waals surface area (Å²) in [7, 11) is 11.2. The van der Waals surface area contributed by atoms with E-state index in [0.29, 0.717) is 12.1 Å². The second-order valence-electron chi connectivity index (χ2n) is 13.7. The number of nitrogens with zero attached hydrogens (tertiary/aromatic N) is 2. The molecular formula is C40H42N2O8. The van der Waals surface area contributed by atoms with Gasteiger partial charge in [0.15, 0.2) is 46.0 Å². The van der Waals surface area contributed by atoms with E-state index in [-0.39, 0.29) is 13.6 Å². The van der Waals surface area contributed by atoms with Gasteiger partial charge in [0, 0.05) is 47.4 Å². The molecule has 4 aromatic rings. The van der Waals surface area contributed by atoms with Gasteiger partial charge in [-0.1, -0.05) is 0 Å². The fourth-order valence-electron chi connectivity index (χ4n) is 9.03. The molecule has 0 amide bonds. The first-order valence-corrected chi connectivity index (χ1v) is 17.2. The number of hydrogen-bond donors (Lipinski definition) is 0. The smallest absolute Gasteiger partial charge is 0.231 e. The summed E-state index contributed by atoms with van der Waals surface area (Å²) in [5.41, 5.74) is 12.6. The highest BCUT2D eigenvalue weighted by Gasteiger charge is 2.41. The largest absolute Gasteiger partial charge is 0.493 e. The maximum Gasteiger partial charge on any atom is 0.231 e. The highest BCUT2D eigenvalue weighted by atomic mass is 16.7. The van der Waals surface area contributed by atoms with E-state index in [1.807, 2.05) is 12.1 Å². The van der Waals surface area contributed by atoms with E-state index in [4.69, 9.17) is 37.9 Å². The van der Waals surface area contributed by atoms with Crippen molar-refractivity contribution in [2.45, 2.75) is 37.8 Å². The Morgan fingerprint density at radius 2 is 1.02 bits per heavy atom. The number of likely N-dealkylation sites (N-methyl/N-ethyl adjacent to an activating group) is 2. The number of hydrogen-bond acceptors (Lipinski definition) is 10. The van der Waals surface area contributed by atoms with Gasteiger partial charge >= 0.3 is 0 Å². The Morgan fingerprint density at radius 3 is 1.42 bits per heavy atom. The number of benzene rings is 4. The van der Waals surface area contributed by atoms with Gasteiger partial charge in [0.25, 0.3) is 0 Å². The number of rotatable bonds is 4. The Kier molecular flexibility index (Phi) is 7.44. The minimum Gasteiger partial charge on any atom is -0.493 e. The van der Waals surface area contributed by atoms with Crippen LogP contribution in [0.5, 0.6) is 46.0 Å². The normalized spacial score (nSPS) is 20.0. The van der Waals surface area contributed by atoms with Crippen molar-refractivity contribution < 1.29 is 37.9 Å². The zero-order chi connectivity index (χ0) is 34.3. The summed E-state index contributed by atoms with van der Waals surface area (Å²) in [4.78, 5) is 4.85. The molecule has 2 aliphatic carbocycles. The third kappa shape index (κ3) is 4.47. The monoisotopic (exact) mass is 678 g/mol. The van der Waals surface area contributed by atoms with Gasteiger partial charge in [-0.25, -0.2) is 0 Å². The zero-order valence-corrected chi connectivity index (χ0v) is 29.4. The van der Waals surface area contributed by atoms with Gasteiger partial charge < -0.3 is 37.9 Å². The van der Waals surface area contributed by atoms with Crippen molar-refractivity contribution in [3.63, 3.8) is 0 Å². The molecule has 6 aliphatic rings. The molecule has 0 fully saturated rings. The van der Waals surface area contributed by atoms with Crippen molar-refractivity contribution in [2.24, 2.45) is 0 Å². The maximum absolute atomic E-state index is 5.88. The van der Waals surface area contributed by atoms with Crippen LogP contribution in [0, 0.1) is 0 Å². The molecule has 10 nitrogen and oxygen atoms in total.